The standard InChI is InChI=1S/C16H32N2O2/c1-12(2)9-10-17-14-8-6-7-13(14)11-18-15(19)20-16(3,4)5/h12-14,17H,6-11H2,1-5H3,(H,18,19). The van der Waals surface area contributed by atoms with Crippen LogP contribution >= 0.6 is 0 Å². The van der Waals surface area contributed by atoms with Gasteiger partial charge in [0, 0.05) is 12.6 Å². The van der Waals surface area contributed by atoms with Crippen molar-refractivity contribution in [3.8, 4) is 0 Å². The molecule has 0 aliphatic heterocycles. The number of hydrogen-bond donors (Lipinski definition) is 2. The third-order valence-corrected chi connectivity index (χ3v) is 3.69. The summed E-state index contributed by atoms with van der Waals surface area (Å²) in [4.78, 5) is 11.7. The molecule has 0 saturated heterocycles. The topological polar surface area (TPSA) is 50.4 Å². The summed E-state index contributed by atoms with van der Waals surface area (Å²) in [6.07, 6.45) is 4.57. The minimum absolute atomic E-state index is 0.301. The Morgan fingerprint density at radius 1 is 1.30 bits per heavy atom. The van der Waals surface area contributed by atoms with Crippen LogP contribution in [0.15, 0.2) is 0 Å². The number of carbonyl (C=O) groups excluding carboxylic acids is 1. The molecule has 0 spiro atoms. The lowest BCUT2D eigenvalue weighted by Gasteiger charge is -2.24. The summed E-state index contributed by atoms with van der Waals surface area (Å²) in [5, 5.41) is 6.55. The van der Waals surface area contributed by atoms with Crippen molar-refractivity contribution in [3.05, 3.63) is 0 Å². The van der Waals surface area contributed by atoms with Crippen molar-refractivity contribution in [2.45, 2.75) is 71.9 Å². The summed E-state index contributed by atoms with van der Waals surface area (Å²) in [6.45, 7) is 11.9. The fourth-order valence-electron chi connectivity index (χ4n) is 2.64. The van der Waals surface area contributed by atoms with Gasteiger partial charge in [-0.05, 0) is 58.4 Å². The van der Waals surface area contributed by atoms with E-state index in [0.717, 1.165) is 12.5 Å². The van der Waals surface area contributed by atoms with E-state index in [1.54, 1.807) is 0 Å². The normalized spacial score (nSPS) is 23.1. The van der Waals surface area contributed by atoms with Crippen LogP contribution in [0.1, 0.15) is 60.3 Å². The molecular weight excluding hydrogens is 252 g/mol. The van der Waals surface area contributed by atoms with Crippen LogP contribution in [0.4, 0.5) is 4.79 Å². The van der Waals surface area contributed by atoms with Gasteiger partial charge in [0.1, 0.15) is 5.60 Å². The lowest BCUT2D eigenvalue weighted by atomic mass is 10.0. The molecule has 2 N–H and O–H groups in total. The Hall–Kier alpha value is -0.770. The number of rotatable bonds is 6. The van der Waals surface area contributed by atoms with Crippen LogP contribution < -0.4 is 10.6 Å². The fraction of sp³-hybridized carbons (Fsp3) is 0.938. The van der Waals surface area contributed by atoms with Crippen LogP contribution in [-0.2, 0) is 4.74 Å². The Balaban J connectivity index is 2.26. The summed E-state index contributed by atoms with van der Waals surface area (Å²) in [5.74, 6) is 1.27. The highest BCUT2D eigenvalue weighted by molar-refractivity contribution is 5.67. The Labute approximate surface area is 124 Å². The molecule has 4 nitrogen and oxygen atoms in total. The first kappa shape index (κ1) is 17.3. The minimum Gasteiger partial charge on any atom is -0.444 e. The molecule has 1 fully saturated rings. The molecule has 0 heterocycles. The molecule has 0 aromatic heterocycles. The van der Waals surface area contributed by atoms with Crippen molar-refractivity contribution in [1.82, 2.24) is 10.6 Å². The van der Waals surface area contributed by atoms with Crippen LogP contribution in [0.25, 0.3) is 0 Å². The highest BCUT2D eigenvalue weighted by atomic mass is 16.6. The smallest absolute Gasteiger partial charge is 0.407 e. The lowest BCUT2D eigenvalue weighted by Crippen LogP contribution is -2.41. The van der Waals surface area contributed by atoms with Crippen LogP contribution in [0, 0.1) is 11.8 Å². The zero-order valence-electron chi connectivity index (χ0n) is 13.8. The van der Waals surface area contributed by atoms with Crippen molar-refractivity contribution in [3.63, 3.8) is 0 Å². The zero-order chi connectivity index (χ0) is 15.2. The van der Waals surface area contributed by atoms with E-state index in [9.17, 15) is 4.79 Å². The minimum atomic E-state index is -0.422. The number of hydrogen-bond acceptors (Lipinski definition) is 3. The number of nitrogens with one attached hydrogen (secondary N) is 2. The summed E-state index contributed by atoms with van der Waals surface area (Å²) >= 11 is 0. The summed E-state index contributed by atoms with van der Waals surface area (Å²) in [7, 11) is 0. The molecule has 118 valence electrons. The maximum Gasteiger partial charge on any atom is 0.407 e. The summed E-state index contributed by atoms with van der Waals surface area (Å²) < 4.78 is 5.27. The lowest BCUT2D eigenvalue weighted by molar-refractivity contribution is 0.0517. The summed E-state index contributed by atoms with van der Waals surface area (Å²) in [6, 6.07) is 0.545. The van der Waals surface area contributed by atoms with Gasteiger partial charge in [0.2, 0.25) is 0 Å². The first-order chi connectivity index (χ1) is 9.28. The SMILES string of the molecule is CC(C)CCNC1CCCC1CNC(=O)OC(C)(C)C. The average molecular weight is 284 g/mol. The van der Waals surface area contributed by atoms with Crippen molar-refractivity contribution in [2.24, 2.45) is 11.8 Å². The van der Waals surface area contributed by atoms with E-state index < -0.39 is 5.60 Å². The third kappa shape index (κ3) is 7.13. The first-order valence-electron chi connectivity index (χ1n) is 7.98. The molecule has 0 aromatic rings. The Morgan fingerprint density at radius 2 is 2.00 bits per heavy atom. The Kier molecular flexibility index (Phi) is 6.80. The Bertz CT molecular complexity index is 297. The quantitative estimate of drug-likeness (QED) is 0.786. The van der Waals surface area contributed by atoms with Crippen LogP contribution in [0.5, 0.6) is 0 Å². The van der Waals surface area contributed by atoms with Gasteiger partial charge in [-0.1, -0.05) is 20.3 Å². The van der Waals surface area contributed by atoms with E-state index in [4.69, 9.17) is 4.74 Å². The van der Waals surface area contributed by atoms with Crippen LogP contribution in [-0.4, -0.2) is 30.8 Å². The van der Waals surface area contributed by atoms with Gasteiger partial charge in [0.15, 0.2) is 0 Å². The van der Waals surface area contributed by atoms with Gasteiger partial charge in [-0.3, -0.25) is 0 Å². The van der Waals surface area contributed by atoms with E-state index in [0.29, 0.717) is 18.5 Å². The molecule has 1 aliphatic carbocycles. The monoisotopic (exact) mass is 284 g/mol. The first-order valence-corrected chi connectivity index (χ1v) is 7.98. The molecule has 0 radical (unpaired) electrons. The fourth-order valence-corrected chi connectivity index (χ4v) is 2.64. The maximum atomic E-state index is 11.7. The molecule has 0 aromatic carbocycles. The van der Waals surface area contributed by atoms with Crippen molar-refractivity contribution in [1.29, 1.82) is 0 Å². The van der Waals surface area contributed by atoms with Gasteiger partial charge in [0.25, 0.3) is 0 Å². The molecule has 1 aliphatic rings. The molecular formula is C16H32N2O2. The molecule has 1 rings (SSSR count). The number of alkyl carbamates (subject to hydrolysis) is 1. The largest absolute Gasteiger partial charge is 0.444 e. The molecule has 20 heavy (non-hydrogen) atoms. The maximum absolute atomic E-state index is 11.7. The van der Waals surface area contributed by atoms with Crippen molar-refractivity contribution >= 4 is 6.09 Å². The molecule has 2 atom stereocenters. The summed E-state index contributed by atoms with van der Waals surface area (Å²) in [5.41, 5.74) is -0.422. The number of amides is 1. The molecule has 2 unspecified atom stereocenters. The highest BCUT2D eigenvalue weighted by Gasteiger charge is 2.27. The third-order valence-electron chi connectivity index (χ3n) is 3.69. The second-order valence-corrected chi connectivity index (χ2v) is 7.32. The zero-order valence-corrected chi connectivity index (χ0v) is 13.8. The van der Waals surface area contributed by atoms with E-state index in [1.165, 1.54) is 25.7 Å². The van der Waals surface area contributed by atoms with Gasteiger partial charge in [-0.2, -0.15) is 0 Å². The Morgan fingerprint density at radius 3 is 2.60 bits per heavy atom. The van der Waals surface area contributed by atoms with E-state index in [2.05, 4.69) is 24.5 Å². The second kappa shape index (κ2) is 7.87. The van der Waals surface area contributed by atoms with Gasteiger partial charge < -0.3 is 15.4 Å². The molecule has 0 bridgehead atoms. The van der Waals surface area contributed by atoms with Crippen molar-refractivity contribution < 1.29 is 9.53 Å². The second-order valence-electron chi connectivity index (χ2n) is 7.32. The van der Waals surface area contributed by atoms with E-state index >= 15 is 0 Å². The van der Waals surface area contributed by atoms with Gasteiger partial charge >= 0.3 is 6.09 Å². The van der Waals surface area contributed by atoms with Crippen LogP contribution in [0.2, 0.25) is 0 Å². The van der Waals surface area contributed by atoms with Gasteiger partial charge in [-0.25, -0.2) is 4.79 Å². The van der Waals surface area contributed by atoms with E-state index in [1.807, 2.05) is 20.8 Å². The molecule has 1 saturated carbocycles. The average Bonchev–Trinajstić information content (AvgIpc) is 2.71. The number of carbonyl (C=O) groups is 1. The van der Waals surface area contributed by atoms with Crippen molar-refractivity contribution in [2.75, 3.05) is 13.1 Å². The van der Waals surface area contributed by atoms with Crippen LogP contribution in [0.3, 0.4) is 0 Å². The van der Waals surface area contributed by atoms with Gasteiger partial charge in [0.05, 0.1) is 0 Å². The molecule has 1 amide bonds. The van der Waals surface area contributed by atoms with E-state index in [-0.39, 0.29) is 6.09 Å². The van der Waals surface area contributed by atoms with Gasteiger partial charge in [-0.15, -0.1) is 0 Å². The predicted octanol–water partition coefficient (Wildman–Crippen LogP) is 3.32. The number of ether oxygens (including phenoxy) is 1. The molecule has 4 heteroatoms. The highest BCUT2D eigenvalue weighted by Crippen LogP contribution is 2.25. The predicted molar refractivity (Wildman–Crippen MR) is 82.8 cm³/mol.